The molecule has 0 aliphatic rings. The Labute approximate surface area is 154 Å². The van der Waals surface area contributed by atoms with Crippen molar-refractivity contribution in [3.63, 3.8) is 0 Å². The highest BCUT2D eigenvalue weighted by Crippen LogP contribution is 2.13. The molecule has 142 valence electrons. The molecule has 27 heavy (non-hydrogen) atoms. The number of carbonyl (C=O) groups is 1. The molecule has 0 fully saturated rings. The normalized spacial score (nSPS) is 11.9. The molecule has 2 aromatic rings. The summed E-state index contributed by atoms with van der Waals surface area (Å²) in [6.07, 6.45) is 1.88. The number of allylic oxidation sites excluding steroid dienone is 2. The van der Waals surface area contributed by atoms with E-state index in [1.54, 1.807) is 12.1 Å². The summed E-state index contributed by atoms with van der Waals surface area (Å²) in [5, 5.41) is 8.86. The molecule has 0 atom stereocenters. The van der Waals surface area contributed by atoms with Crippen LogP contribution in [-0.4, -0.2) is 17.7 Å². The van der Waals surface area contributed by atoms with Crippen molar-refractivity contribution in [2.24, 2.45) is 5.73 Å². The quantitative estimate of drug-likeness (QED) is 0.459. The molecule has 0 saturated carbocycles. The second-order valence-electron chi connectivity index (χ2n) is 5.36. The van der Waals surface area contributed by atoms with Gasteiger partial charge in [-0.15, -0.1) is 0 Å². The van der Waals surface area contributed by atoms with E-state index < -0.39 is 17.6 Å². The average Bonchev–Trinajstić information content (AvgIpc) is 2.67. The van der Waals surface area contributed by atoms with Gasteiger partial charge in [0.15, 0.2) is 0 Å². The molecule has 0 saturated heterocycles. The van der Waals surface area contributed by atoms with E-state index in [2.05, 4.69) is 5.48 Å². The maximum Gasteiger partial charge on any atom is 0.335 e. The predicted octanol–water partition coefficient (Wildman–Crippen LogP) is 3.28. The Bertz CT molecular complexity index is 819. The van der Waals surface area contributed by atoms with Gasteiger partial charge < -0.3 is 15.6 Å². The summed E-state index contributed by atoms with van der Waals surface area (Å²) in [7, 11) is 0. The van der Waals surface area contributed by atoms with Crippen LogP contribution < -0.4 is 16.0 Å². The first-order chi connectivity index (χ1) is 13.0. The summed E-state index contributed by atoms with van der Waals surface area (Å²) < 4.78 is 31.8. The number of rotatable bonds is 9. The molecule has 0 heterocycles. The zero-order valence-electron chi connectivity index (χ0n) is 14.2. The highest BCUT2D eigenvalue weighted by Gasteiger charge is 2.04. The first-order valence-electron chi connectivity index (χ1n) is 7.84. The van der Waals surface area contributed by atoms with Crippen LogP contribution in [0.4, 0.5) is 8.78 Å². The fraction of sp³-hybridized carbons (Fsp3) is 0.105. The molecule has 0 aromatic heterocycles. The van der Waals surface area contributed by atoms with Crippen molar-refractivity contribution >= 4 is 5.97 Å². The summed E-state index contributed by atoms with van der Waals surface area (Å²) in [6, 6.07) is 11.5. The second-order valence-corrected chi connectivity index (χ2v) is 5.36. The number of nitrogens with two attached hydrogens (primary N) is 1. The number of halogens is 2. The lowest BCUT2D eigenvalue weighted by Crippen LogP contribution is -2.19. The van der Waals surface area contributed by atoms with Gasteiger partial charge in [-0.2, -0.15) is 0 Å². The number of hydroxylamine groups is 1. The van der Waals surface area contributed by atoms with Crippen LogP contribution >= 0.6 is 0 Å². The number of carboxylic acid groups (broad SMARTS) is 1. The number of nitrogens with one attached hydrogen (secondary N) is 1. The molecular weight excluding hydrogens is 358 g/mol. The lowest BCUT2D eigenvalue weighted by molar-refractivity contribution is 0.0428. The Morgan fingerprint density at radius 3 is 2.41 bits per heavy atom. The Morgan fingerprint density at radius 2 is 1.81 bits per heavy atom. The minimum Gasteiger partial charge on any atom is -0.487 e. The number of carboxylic acids is 1. The van der Waals surface area contributed by atoms with E-state index in [1.165, 1.54) is 36.4 Å². The summed E-state index contributed by atoms with van der Waals surface area (Å²) in [6.45, 7) is 0.0204. The third-order valence-electron chi connectivity index (χ3n) is 3.32. The molecule has 8 heteroatoms. The van der Waals surface area contributed by atoms with Gasteiger partial charge in [0.2, 0.25) is 0 Å². The number of hydrogen-bond acceptors (Lipinski definition) is 5. The molecule has 0 spiro atoms. The van der Waals surface area contributed by atoms with E-state index in [-0.39, 0.29) is 24.5 Å². The number of hydrogen-bond donors (Lipinski definition) is 3. The van der Waals surface area contributed by atoms with Crippen molar-refractivity contribution in [1.29, 1.82) is 0 Å². The van der Waals surface area contributed by atoms with Gasteiger partial charge in [-0.1, -0.05) is 12.1 Å². The number of ether oxygens (including phenoxy) is 1. The Kier molecular flexibility index (Phi) is 7.33. The monoisotopic (exact) mass is 376 g/mol. The predicted molar refractivity (Wildman–Crippen MR) is 94.7 cm³/mol. The summed E-state index contributed by atoms with van der Waals surface area (Å²) in [4.78, 5) is 16.1. The van der Waals surface area contributed by atoms with E-state index in [1.807, 2.05) is 0 Å². The molecular formula is C19H18F2N2O4. The van der Waals surface area contributed by atoms with Gasteiger partial charge in [-0.05, 0) is 42.0 Å². The molecule has 0 radical (unpaired) electrons. The van der Waals surface area contributed by atoms with E-state index in [0.29, 0.717) is 11.3 Å². The molecule has 0 aliphatic heterocycles. The fourth-order valence-corrected chi connectivity index (χ4v) is 1.96. The average molecular weight is 376 g/mol. The van der Waals surface area contributed by atoms with Crippen LogP contribution in [0.2, 0.25) is 0 Å². The highest BCUT2D eigenvalue weighted by molar-refractivity contribution is 5.87. The van der Waals surface area contributed by atoms with Gasteiger partial charge >= 0.3 is 5.97 Å². The molecule has 2 rings (SSSR count). The minimum atomic E-state index is -1.02. The van der Waals surface area contributed by atoms with Crippen molar-refractivity contribution in [1.82, 2.24) is 5.48 Å². The summed E-state index contributed by atoms with van der Waals surface area (Å²) >= 11 is 0. The third-order valence-corrected chi connectivity index (χ3v) is 3.32. The number of benzene rings is 2. The topological polar surface area (TPSA) is 93.8 Å². The SMILES string of the molecule is N/C=C(F)\C=C(/COc1ccc(F)cc1)NOCc1ccc(C(=O)O)cc1. The van der Waals surface area contributed by atoms with Gasteiger partial charge in [0.05, 0.1) is 17.9 Å². The maximum absolute atomic E-state index is 13.4. The highest BCUT2D eigenvalue weighted by atomic mass is 19.1. The smallest absolute Gasteiger partial charge is 0.335 e. The molecule has 0 aliphatic carbocycles. The van der Waals surface area contributed by atoms with Crippen LogP contribution in [0.1, 0.15) is 15.9 Å². The van der Waals surface area contributed by atoms with Crippen molar-refractivity contribution in [3.05, 3.63) is 89.3 Å². The molecule has 0 unspecified atom stereocenters. The first-order valence-corrected chi connectivity index (χ1v) is 7.84. The Morgan fingerprint density at radius 1 is 1.15 bits per heavy atom. The zero-order valence-corrected chi connectivity index (χ0v) is 14.2. The maximum atomic E-state index is 13.4. The first kappa shape index (κ1) is 19.9. The number of aromatic carboxylic acids is 1. The van der Waals surface area contributed by atoms with Gasteiger partial charge in [-0.25, -0.2) is 13.6 Å². The molecule has 4 N–H and O–H groups in total. The molecule has 6 nitrogen and oxygen atoms in total. The largest absolute Gasteiger partial charge is 0.487 e. The van der Waals surface area contributed by atoms with Gasteiger partial charge in [0.1, 0.15) is 24.0 Å². The van der Waals surface area contributed by atoms with Crippen LogP contribution in [0.3, 0.4) is 0 Å². The van der Waals surface area contributed by atoms with Crippen molar-refractivity contribution in [3.8, 4) is 5.75 Å². The Balaban J connectivity index is 1.92. The summed E-state index contributed by atoms with van der Waals surface area (Å²) in [5.41, 5.74) is 8.79. The van der Waals surface area contributed by atoms with Gasteiger partial charge in [0, 0.05) is 12.3 Å². The van der Waals surface area contributed by atoms with E-state index in [4.69, 9.17) is 20.4 Å². The lowest BCUT2D eigenvalue weighted by atomic mass is 10.1. The van der Waals surface area contributed by atoms with Crippen LogP contribution in [0.15, 0.2) is 72.3 Å². The van der Waals surface area contributed by atoms with Crippen molar-refractivity contribution < 1.29 is 28.3 Å². The van der Waals surface area contributed by atoms with Crippen molar-refractivity contribution in [2.45, 2.75) is 6.61 Å². The van der Waals surface area contributed by atoms with E-state index >= 15 is 0 Å². The van der Waals surface area contributed by atoms with Crippen LogP contribution in [0.5, 0.6) is 5.75 Å². The lowest BCUT2D eigenvalue weighted by Gasteiger charge is -2.13. The van der Waals surface area contributed by atoms with Crippen LogP contribution in [-0.2, 0) is 11.4 Å². The fourth-order valence-electron chi connectivity index (χ4n) is 1.96. The van der Waals surface area contributed by atoms with Gasteiger partial charge in [0.25, 0.3) is 0 Å². The second kappa shape index (κ2) is 9.93. The third kappa shape index (κ3) is 6.79. The zero-order chi connectivity index (χ0) is 19.6. The van der Waals surface area contributed by atoms with Crippen LogP contribution in [0.25, 0.3) is 0 Å². The van der Waals surface area contributed by atoms with Crippen LogP contribution in [0, 0.1) is 5.82 Å². The molecule has 0 bridgehead atoms. The molecule has 2 aromatic carbocycles. The standard InChI is InChI=1S/C19H18F2N2O4/c20-15-5-7-18(8-6-15)26-12-17(9-16(21)10-22)23-27-11-13-1-3-14(4-2-13)19(24)25/h1-10,23H,11-12,22H2,(H,24,25)/b16-10+,17-9+. The minimum absolute atomic E-state index is 0.0785. The van der Waals surface area contributed by atoms with E-state index in [0.717, 1.165) is 12.3 Å². The molecule has 0 amide bonds. The van der Waals surface area contributed by atoms with Gasteiger partial charge in [-0.3, -0.25) is 10.3 Å². The van der Waals surface area contributed by atoms with E-state index in [9.17, 15) is 13.6 Å². The summed E-state index contributed by atoms with van der Waals surface area (Å²) in [5.74, 6) is -1.72. The van der Waals surface area contributed by atoms with Crippen molar-refractivity contribution in [2.75, 3.05) is 6.61 Å². The Hall–Kier alpha value is -3.39.